The molecule has 1 aliphatic rings. The number of nitrogens with zero attached hydrogens (tertiary/aromatic N) is 1. The summed E-state index contributed by atoms with van der Waals surface area (Å²) < 4.78 is 22.0. The van der Waals surface area contributed by atoms with Crippen LogP contribution in [0.3, 0.4) is 0 Å². The van der Waals surface area contributed by atoms with Crippen LogP contribution in [0, 0.1) is 6.92 Å². The molecule has 0 amide bonds. The minimum atomic E-state index is -4.91. The normalized spacial score (nSPS) is 21.0. The predicted molar refractivity (Wildman–Crippen MR) is 62.8 cm³/mol. The molecule has 22 heavy (non-hydrogen) atoms. The number of aromatic amines is 1. The van der Waals surface area contributed by atoms with E-state index in [2.05, 4.69) is 4.98 Å². The minimum Gasteiger partial charge on any atom is -0.809 e. The van der Waals surface area contributed by atoms with Crippen LogP contribution in [-0.4, -0.2) is 22.5 Å². The molecule has 1 aliphatic heterocycles. The number of ether oxygens (including phenoxy) is 2. The molecule has 1 aromatic heterocycles. The van der Waals surface area contributed by atoms with Crippen LogP contribution in [0.2, 0.25) is 0 Å². The molecule has 0 aromatic carbocycles. The SMILES string of the molecule is Cc1cn([C@@]2(OCP(=O)([O-])[O-])CCCO2)c(=O)[nH]c1=O.[Na+].[Na+]. The van der Waals surface area contributed by atoms with Gasteiger partial charge in [0.15, 0.2) is 0 Å². The maximum absolute atomic E-state index is 11.8. The first-order valence-electron chi connectivity index (χ1n) is 5.86. The minimum absolute atomic E-state index is 0. The van der Waals surface area contributed by atoms with Gasteiger partial charge >= 0.3 is 64.8 Å². The summed E-state index contributed by atoms with van der Waals surface area (Å²) in [5.41, 5.74) is -1.12. The Morgan fingerprint density at radius 2 is 2.09 bits per heavy atom. The van der Waals surface area contributed by atoms with Crippen LogP contribution in [-0.2, 0) is 19.9 Å². The summed E-state index contributed by atoms with van der Waals surface area (Å²) in [5.74, 6) is -1.67. The van der Waals surface area contributed by atoms with E-state index in [0.717, 1.165) is 4.57 Å². The van der Waals surface area contributed by atoms with Crippen LogP contribution in [0.4, 0.5) is 0 Å². The Morgan fingerprint density at radius 1 is 1.45 bits per heavy atom. The third-order valence-electron chi connectivity index (χ3n) is 2.90. The molecule has 9 nitrogen and oxygen atoms in total. The van der Waals surface area contributed by atoms with Gasteiger partial charge in [0.1, 0.15) is 0 Å². The van der Waals surface area contributed by atoms with E-state index in [1.807, 2.05) is 0 Å². The van der Waals surface area contributed by atoms with Crippen LogP contribution < -0.4 is 80.2 Å². The van der Waals surface area contributed by atoms with Gasteiger partial charge in [0.25, 0.3) is 11.5 Å². The van der Waals surface area contributed by atoms with Gasteiger partial charge in [0, 0.05) is 18.2 Å². The van der Waals surface area contributed by atoms with Crippen molar-refractivity contribution >= 4 is 7.60 Å². The maximum atomic E-state index is 11.8. The standard InChI is InChI=1S/C10H15N2O7P.2Na/c1-7-5-12(9(14)11-8(7)13)10(3-2-4-18-10)19-6-20(15,16)17;;/h5H,2-4,6H2,1H3,(H,11,13,14)(H2,15,16,17);;/q;2*+1/p-2/t10-;;/m0../s1. The third kappa shape index (κ3) is 5.39. The van der Waals surface area contributed by atoms with Crippen LogP contribution in [0.5, 0.6) is 0 Å². The van der Waals surface area contributed by atoms with Crippen molar-refractivity contribution < 1.29 is 82.9 Å². The van der Waals surface area contributed by atoms with Crippen molar-refractivity contribution in [2.45, 2.75) is 25.7 Å². The zero-order valence-corrected chi connectivity index (χ0v) is 17.6. The molecule has 112 valence electrons. The van der Waals surface area contributed by atoms with E-state index in [1.165, 1.54) is 13.1 Å². The predicted octanol–water partition coefficient (Wildman–Crippen LogP) is -7.84. The molecule has 0 spiro atoms. The fourth-order valence-electron chi connectivity index (χ4n) is 1.97. The molecule has 1 fully saturated rings. The first-order chi connectivity index (χ1) is 9.23. The summed E-state index contributed by atoms with van der Waals surface area (Å²) in [6.07, 6.45) is 0.829. The number of nitrogens with one attached hydrogen (secondary N) is 1. The molecule has 1 atom stereocenters. The van der Waals surface area contributed by atoms with E-state index in [9.17, 15) is 23.9 Å². The molecule has 0 radical (unpaired) electrons. The summed E-state index contributed by atoms with van der Waals surface area (Å²) in [4.78, 5) is 46.7. The van der Waals surface area contributed by atoms with Crippen LogP contribution in [0.1, 0.15) is 18.4 Å². The summed E-state index contributed by atoms with van der Waals surface area (Å²) >= 11 is 0. The van der Waals surface area contributed by atoms with Crippen molar-refractivity contribution in [3.63, 3.8) is 0 Å². The Labute approximate surface area is 170 Å². The average molecular weight is 350 g/mol. The second-order valence-electron chi connectivity index (χ2n) is 4.49. The first kappa shape index (κ1) is 22.8. The summed E-state index contributed by atoms with van der Waals surface area (Å²) in [6.45, 7) is 1.72. The molecule has 1 saturated heterocycles. The molecular weight excluding hydrogens is 337 g/mol. The van der Waals surface area contributed by atoms with Gasteiger partial charge < -0.3 is 23.8 Å². The van der Waals surface area contributed by atoms with Gasteiger partial charge in [-0.05, 0) is 20.9 Å². The van der Waals surface area contributed by atoms with Gasteiger partial charge in [-0.3, -0.25) is 9.78 Å². The van der Waals surface area contributed by atoms with E-state index in [0.29, 0.717) is 6.42 Å². The Bertz CT molecular complexity index is 662. The van der Waals surface area contributed by atoms with Crippen LogP contribution >= 0.6 is 7.60 Å². The quantitative estimate of drug-likeness (QED) is 0.421. The van der Waals surface area contributed by atoms with Gasteiger partial charge in [0.05, 0.1) is 13.0 Å². The zero-order valence-electron chi connectivity index (χ0n) is 12.7. The summed E-state index contributed by atoms with van der Waals surface area (Å²) in [6, 6.07) is 0. The molecule has 0 saturated carbocycles. The van der Waals surface area contributed by atoms with Crippen LogP contribution in [0.25, 0.3) is 0 Å². The van der Waals surface area contributed by atoms with Crippen molar-refractivity contribution in [2.24, 2.45) is 0 Å². The van der Waals surface area contributed by atoms with Crippen molar-refractivity contribution in [3.05, 3.63) is 32.6 Å². The van der Waals surface area contributed by atoms with E-state index in [-0.39, 0.29) is 77.7 Å². The van der Waals surface area contributed by atoms with E-state index < -0.39 is 31.1 Å². The van der Waals surface area contributed by atoms with E-state index in [1.54, 1.807) is 0 Å². The third-order valence-corrected chi connectivity index (χ3v) is 3.35. The Morgan fingerprint density at radius 3 is 2.59 bits per heavy atom. The largest absolute Gasteiger partial charge is 1.00 e. The van der Waals surface area contributed by atoms with E-state index in [4.69, 9.17) is 9.47 Å². The van der Waals surface area contributed by atoms with Crippen molar-refractivity contribution in [2.75, 3.05) is 13.0 Å². The van der Waals surface area contributed by atoms with Gasteiger partial charge in [-0.25, -0.2) is 9.36 Å². The monoisotopic (exact) mass is 350 g/mol. The molecule has 1 N–H and O–H groups in total. The number of aromatic nitrogens is 2. The maximum Gasteiger partial charge on any atom is 1.00 e. The van der Waals surface area contributed by atoms with Gasteiger partial charge in [-0.2, -0.15) is 0 Å². The Balaban J connectivity index is 0.00000220. The second kappa shape index (κ2) is 8.73. The summed E-state index contributed by atoms with van der Waals surface area (Å²) in [7, 11) is -4.91. The van der Waals surface area contributed by atoms with Gasteiger partial charge in [0.2, 0.25) is 0 Å². The van der Waals surface area contributed by atoms with Gasteiger partial charge in [-0.1, -0.05) is 0 Å². The molecule has 0 aliphatic carbocycles. The fourth-order valence-corrected chi connectivity index (χ4v) is 2.33. The number of aryl methyl sites for hydroxylation is 1. The van der Waals surface area contributed by atoms with Crippen LogP contribution in [0.15, 0.2) is 15.8 Å². The molecule has 12 heteroatoms. The molecule has 1 aromatic rings. The van der Waals surface area contributed by atoms with Gasteiger partial charge in [-0.15, -0.1) is 0 Å². The molecule has 2 heterocycles. The molecular formula is C10H13N2Na2O7P. The summed E-state index contributed by atoms with van der Waals surface area (Å²) in [5, 5.41) is 0. The Kier molecular flexibility index (Phi) is 9.03. The fraction of sp³-hybridized carbons (Fsp3) is 0.600. The number of hydrogen-bond donors (Lipinski definition) is 1. The zero-order chi connectivity index (χ0) is 15.0. The van der Waals surface area contributed by atoms with Crippen molar-refractivity contribution in [3.8, 4) is 0 Å². The second-order valence-corrected chi connectivity index (χ2v) is 5.97. The topological polar surface area (TPSA) is 137 Å². The number of hydrogen-bond acceptors (Lipinski definition) is 7. The smallest absolute Gasteiger partial charge is 0.809 e. The Hall–Kier alpha value is 0.750. The number of rotatable bonds is 4. The van der Waals surface area contributed by atoms with Crippen molar-refractivity contribution in [1.29, 1.82) is 0 Å². The molecule has 2 rings (SSSR count). The molecule has 0 unspecified atom stereocenters. The number of H-pyrrole nitrogens is 1. The van der Waals surface area contributed by atoms with E-state index >= 15 is 0 Å². The average Bonchev–Trinajstić information content (AvgIpc) is 2.80. The van der Waals surface area contributed by atoms with Crippen molar-refractivity contribution in [1.82, 2.24) is 9.55 Å². The first-order valence-corrected chi connectivity index (χ1v) is 7.58. The molecule has 0 bridgehead atoms.